The number of rotatable bonds is 0. The number of hydrogen-bond acceptors (Lipinski definition) is 4. The number of carbonyl (C=O) groups is 2. The van der Waals surface area contributed by atoms with Gasteiger partial charge in [0, 0.05) is 22.6 Å². The summed E-state index contributed by atoms with van der Waals surface area (Å²) in [5.74, 6) is 3.31. The van der Waals surface area contributed by atoms with E-state index in [1.54, 1.807) is 23.5 Å². The van der Waals surface area contributed by atoms with Crippen molar-refractivity contribution in [2.75, 3.05) is 11.5 Å². The van der Waals surface area contributed by atoms with Gasteiger partial charge in [0.05, 0.1) is 11.5 Å². The van der Waals surface area contributed by atoms with Crippen molar-refractivity contribution in [2.24, 2.45) is 0 Å². The molecule has 0 spiro atoms. The first-order chi connectivity index (χ1) is 7.77. The van der Waals surface area contributed by atoms with Crippen LogP contribution in [0.1, 0.15) is 31.8 Å². The van der Waals surface area contributed by atoms with Crippen molar-refractivity contribution < 1.29 is 9.59 Å². The van der Waals surface area contributed by atoms with Crippen molar-refractivity contribution in [1.29, 1.82) is 0 Å². The van der Waals surface area contributed by atoms with E-state index in [4.69, 9.17) is 0 Å². The van der Waals surface area contributed by atoms with Crippen LogP contribution in [0.5, 0.6) is 0 Å². The van der Waals surface area contributed by atoms with Crippen molar-refractivity contribution in [2.45, 2.75) is 11.5 Å². The van der Waals surface area contributed by atoms with Crippen LogP contribution in [0.4, 0.5) is 0 Å². The fourth-order valence-electron chi connectivity index (χ4n) is 2.19. The monoisotopic (exact) mass is 250 g/mol. The molecule has 0 atom stereocenters. The lowest BCUT2D eigenvalue weighted by atomic mass is 9.94. The first-order valence-electron chi connectivity index (χ1n) is 5.14. The third kappa shape index (κ3) is 1.52. The number of ketones is 2. The van der Waals surface area contributed by atoms with Gasteiger partial charge in [-0.1, -0.05) is 12.1 Å². The van der Waals surface area contributed by atoms with E-state index >= 15 is 0 Å². The molecule has 0 N–H and O–H groups in total. The van der Waals surface area contributed by atoms with Crippen molar-refractivity contribution in [3.63, 3.8) is 0 Å². The quantitative estimate of drug-likeness (QED) is 0.708. The van der Waals surface area contributed by atoms with Gasteiger partial charge in [0.2, 0.25) is 0 Å². The summed E-state index contributed by atoms with van der Waals surface area (Å²) in [6.07, 6.45) is 0. The number of fused-ring (bicyclic) bond motifs is 3. The van der Waals surface area contributed by atoms with Crippen molar-refractivity contribution in [3.8, 4) is 0 Å². The van der Waals surface area contributed by atoms with E-state index in [9.17, 15) is 9.59 Å². The van der Waals surface area contributed by atoms with E-state index in [2.05, 4.69) is 0 Å². The van der Waals surface area contributed by atoms with Crippen LogP contribution in [-0.2, 0) is 11.5 Å². The van der Waals surface area contributed by atoms with Crippen LogP contribution in [0.25, 0.3) is 0 Å². The molecule has 0 radical (unpaired) electrons. The van der Waals surface area contributed by atoms with Gasteiger partial charge in [0.15, 0.2) is 11.6 Å². The minimum absolute atomic E-state index is 0.206. The highest BCUT2D eigenvalue weighted by atomic mass is 32.2. The molecule has 82 valence electrons. The van der Waals surface area contributed by atoms with Crippen molar-refractivity contribution in [3.05, 3.63) is 34.4 Å². The van der Waals surface area contributed by atoms with Crippen LogP contribution < -0.4 is 0 Å². The smallest absolute Gasteiger partial charge is 0.173 e. The third-order valence-corrected chi connectivity index (χ3v) is 4.91. The zero-order valence-corrected chi connectivity index (χ0v) is 10.2. The van der Waals surface area contributed by atoms with Gasteiger partial charge >= 0.3 is 0 Å². The Morgan fingerprint density at radius 1 is 0.750 bits per heavy atom. The largest absolute Gasteiger partial charge is 0.293 e. The van der Waals surface area contributed by atoms with Crippen LogP contribution in [0.15, 0.2) is 12.1 Å². The van der Waals surface area contributed by atoms with E-state index in [0.29, 0.717) is 11.5 Å². The Kier molecular flexibility index (Phi) is 2.56. The Bertz CT molecular complexity index is 449. The molecule has 2 aliphatic rings. The molecule has 0 fully saturated rings. The lowest BCUT2D eigenvalue weighted by molar-refractivity contribution is 0.100. The first kappa shape index (κ1) is 10.4. The summed E-state index contributed by atoms with van der Waals surface area (Å²) < 4.78 is 0. The summed E-state index contributed by atoms with van der Waals surface area (Å²) in [7, 11) is 0. The Morgan fingerprint density at radius 3 is 1.62 bits per heavy atom. The third-order valence-electron chi connectivity index (χ3n) is 2.99. The van der Waals surface area contributed by atoms with Gasteiger partial charge in [-0.25, -0.2) is 0 Å². The Labute approximate surface area is 102 Å². The van der Waals surface area contributed by atoms with Crippen LogP contribution in [0, 0.1) is 0 Å². The topological polar surface area (TPSA) is 34.1 Å². The number of benzene rings is 1. The molecule has 1 aromatic carbocycles. The normalized spacial score (nSPS) is 19.2. The molecule has 1 aromatic rings. The SMILES string of the molecule is O=C1CSCc2c1ccc1c2CSCC1=O. The number of carbonyl (C=O) groups excluding carboxylic acids is 2. The van der Waals surface area contributed by atoms with Crippen molar-refractivity contribution in [1.82, 2.24) is 0 Å². The Balaban J connectivity index is 2.21. The average molecular weight is 250 g/mol. The highest BCUT2D eigenvalue weighted by molar-refractivity contribution is 7.99. The van der Waals surface area contributed by atoms with E-state index < -0.39 is 0 Å². The van der Waals surface area contributed by atoms with E-state index in [1.165, 1.54) is 0 Å². The number of hydrogen-bond donors (Lipinski definition) is 0. The molecule has 0 aromatic heterocycles. The first-order valence-corrected chi connectivity index (χ1v) is 7.45. The number of thioether (sulfide) groups is 2. The summed E-state index contributed by atoms with van der Waals surface area (Å²) in [5.41, 5.74) is 3.90. The molecule has 0 aliphatic carbocycles. The minimum Gasteiger partial charge on any atom is -0.293 e. The summed E-state index contributed by atoms with van der Waals surface area (Å²) in [5, 5.41) is 0. The van der Waals surface area contributed by atoms with Gasteiger partial charge in [-0.15, -0.1) is 23.5 Å². The summed E-state index contributed by atoms with van der Waals surface area (Å²) >= 11 is 3.30. The highest BCUT2D eigenvalue weighted by Crippen LogP contribution is 2.34. The summed E-state index contributed by atoms with van der Waals surface area (Å²) in [4.78, 5) is 23.5. The predicted octanol–water partition coefficient (Wildman–Crippen LogP) is 2.55. The fraction of sp³-hybridized carbons (Fsp3) is 0.333. The second kappa shape index (κ2) is 3.93. The predicted molar refractivity (Wildman–Crippen MR) is 67.4 cm³/mol. The minimum atomic E-state index is 0.206. The van der Waals surface area contributed by atoms with E-state index in [1.807, 2.05) is 12.1 Å². The fourth-order valence-corrected chi connectivity index (χ4v) is 4.15. The summed E-state index contributed by atoms with van der Waals surface area (Å²) in [6, 6.07) is 3.67. The molecule has 0 bridgehead atoms. The van der Waals surface area contributed by atoms with Crippen LogP contribution in [0.3, 0.4) is 0 Å². The average Bonchev–Trinajstić information content (AvgIpc) is 2.30. The number of Topliss-reactive ketones (excluding diaryl/α,β-unsaturated/α-hetero) is 2. The molecule has 2 aliphatic heterocycles. The molecule has 3 rings (SSSR count). The molecule has 0 saturated heterocycles. The van der Waals surface area contributed by atoms with Gasteiger partial charge in [-0.3, -0.25) is 9.59 Å². The van der Waals surface area contributed by atoms with Gasteiger partial charge < -0.3 is 0 Å². The molecule has 2 nitrogen and oxygen atoms in total. The maximum Gasteiger partial charge on any atom is 0.173 e. The molecule has 4 heteroatoms. The van der Waals surface area contributed by atoms with Gasteiger partial charge in [-0.2, -0.15) is 0 Å². The molecular formula is C12H10O2S2. The van der Waals surface area contributed by atoms with E-state index in [0.717, 1.165) is 33.8 Å². The summed E-state index contributed by atoms with van der Waals surface area (Å²) in [6.45, 7) is 0. The maximum atomic E-state index is 11.7. The van der Waals surface area contributed by atoms with Crippen LogP contribution in [0.2, 0.25) is 0 Å². The van der Waals surface area contributed by atoms with Gasteiger partial charge in [-0.05, 0) is 11.1 Å². The molecule has 16 heavy (non-hydrogen) atoms. The Morgan fingerprint density at radius 2 is 1.19 bits per heavy atom. The van der Waals surface area contributed by atoms with E-state index in [-0.39, 0.29) is 11.6 Å². The Hall–Kier alpha value is -0.740. The van der Waals surface area contributed by atoms with Crippen molar-refractivity contribution >= 4 is 35.1 Å². The lowest BCUT2D eigenvalue weighted by Gasteiger charge is -2.23. The van der Waals surface area contributed by atoms with Crippen LogP contribution >= 0.6 is 23.5 Å². The molecule has 0 unspecified atom stereocenters. The molecular weight excluding hydrogens is 240 g/mol. The molecule has 0 saturated carbocycles. The van der Waals surface area contributed by atoms with Gasteiger partial charge in [0.1, 0.15) is 0 Å². The second-order valence-electron chi connectivity index (χ2n) is 3.95. The zero-order chi connectivity index (χ0) is 11.1. The maximum absolute atomic E-state index is 11.7. The van der Waals surface area contributed by atoms with Gasteiger partial charge in [0.25, 0.3) is 0 Å². The molecule has 0 amide bonds. The lowest BCUT2D eigenvalue weighted by Crippen LogP contribution is -2.19. The van der Waals surface area contributed by atoms with Crippen LogP contribution in [-0.4, -0.2) is 23.1 Å². The second-order valence-corrected chi connectivity index (χ2v) is 5.92. The zero-order valence-electron chi connectivity index (χ0n) is 8.62. The molecule has 2 heterocycles. The highest BCUT2D eigenvalue weighted by Gasteiger charge is 2.26. The standard InChI is InChI=1S/C12H10O2S2/c13-11-5-15-3-9-7(11)1-2-8-10(9)4-16-6-12(8)14/h1-2H,3-6H2.